The summed E-state index contributed by atoms with van der Waals surface area (Å²) in [5.41, 5.74) is 5.95. The van der Waals surface area contributed by atoms with Crippen molar-refractivity contribution >= 4 is 17.0 Å². The number of phenols is 1. The zero-order valence-corrected chi connectivity index (χ0v) is 31.7. The van der Waals surface area contributed by atoms with Crippen LogP contribution in [-0.4, -0.2) is 64.1 Å². The number of pyridine rings is 1. The first-order valence-electron chi connectivity index (χ1n) is 19.7. The third-order valence-electron chi connectivity index (χ3n) is 11.8. The Balaban J connectivity index is 0.903. The Morgan fingerprint density at radius 1 is 0.842 bits per heavy atom. The minimum Gasteiger partial charge on any atom is -0.506 e. The van der Waals surface area contributed by atoms with Crippen molar-refractivity contribution in [1.29, 1.82) is 0 Å². The number of H-pyrrole nitrogens is 1. The van der Waals surface area contributed by atoms with Gasteiger partial charge in [-0.15, -0.1) is 0 Å². The molecule has 0 aliphatic carbocycles. The highest BCUT2D eigenvalue weighted by Gasteiger charge is 2.50. The molecule has 1 amide bonds. The summed E-state index contributed by atoms with van der Waals surface area (Å²) in [4.78, 5) is 29.4. The Bertz CT molecular complexity index is 2390. The van der Waals surface area contributed by atoms with Gasteiger partial charge in [0.25, 0.3) is 0 Å². The second-order valence-electron chi connectivity index (χ2n) is 15.3. The number of carboxylic acid groups (broad SMARTS) is 1. The maximum atomic E-state index is 12.5. The van der Waals surface area contributed by atoms with Crippen molar-refractivity contribution in [3.05, 3.63) is 166 Å². The zero-order chi connectivity index (χ0) is 39.4. The number of aliphatic hydroxyl groups excluding tert-OH is 1. The Kier molecular flexibility index (Phi) is 11.1. The van der Waals surface area contributed by atoms with Crippen molar-refractivity contribution in [1.82, 2.24) is 20.5 Å². The molecule has 1 aromatic heterocycles. The highest BCUT2D eigenvalue weighted by Crippen LogP contribution is 2.47. The van der Waals surface area contributed by atoms with Crippen LogP contribution in [0, 0.1) is 11.8 Å². The zero-order valence-electron chi connectivity index (χ0n) is 31.7. The number of nitrogens with zero attached hydrogens (tertiary/aromatic N) is 1. The monoisotopic (exact) mass is 764 g/mol. The van der Waals surface area contributed by atoms with Crippen LogP contribution >= 0.6 is 0 Å². The molecule has 3 aliphatic heterocycles. The van der Waals surface area contributed by atoms with Crippen LogP contribution in [0.2, 0.25) is 0 Å². The smallest absolute Gasteiger partial charge is 0.405 e. The fourth-order valence-corrected chi connectivity index (χ4v) is 9.01. The molecule has 9 rings (SSSR count). The Labute approximate surface area is 331 Å². The van der Waals surface area contributed by atoms with Crippen molar-refractivity contribution in [2.45, 2.75) is 37.5 Å². The summed E-state index contributed by atoms with van der Waals surface area (Å²) in [5, 5.41) is 38.4. The molecule has 5 aromatic carbocycles. The first-order valence-corrected chi connectivity index (χ1v) is 19.7. The molecule has 3 unspecified atom stereocenters. The van der Waals surface area contributed by atoms with Crippen molar-refractivity contribution in [3.63, 3.8) is 0 Å². The van der Waals surface area contributed by atoms with E-state index >= 15 is 0 Å². The number of aromatic nitrogens is 1. The number of aliphatic hydroxyl groups is 1. The van der Waals surface area contributed by atoms with Crippen LogP contribution in [0.15, 0.2) is 132 Å². The normalized spacial score (nSPS) is 19.1. The number of benzene rings is 5. The standard InChI is InChI=1S/C47H48N4O6/c52-42-18-16-39(40-17-19-44(54)49-45(40)42)43(53)29-48-28-32-6-4-7-35(26-32)33-14-12-31(13-15-33)22-25-57-38-11-5-10-37(27-38)47(50-46(55)56,36-8-2-1-3-9-36)41-30-51-23-20-34(41)21-24-51/h1-19,26-27,34,41,43,48,50,52-53H,20-25,28-30H2,(H,49,54)(H,55,56). The number of nitrogens with one attached hydrogen (secondary N) is 3. The molecule has 10 nitrogen and oxygen atoms in total. The van der Waals surface area contributed by atoms with Crippen LogP contribution in [0.5, 0.6) is 11.5 Å². The number of phenolic OH excluding ortho intramolecular Hbond substituents is 1. The molecule has 10 heteroatoms. The maximum Gasteiger partial charge on any atom is 0.405 e. The molecule has 4 heterocycles. The van der Waals surface area contributed by atoms with Crippen LogP contribution < -0.4 is 20.9 Å². The third-order valence-corrected chi connectivity index (χ3v) is 11.8. The maximum absolute atomic E-state index is 12.5. The minimum atomic E-state index is -1.04. The highest BCUT2D eigenvalue weighted by atomic mass is 16.5. The summed E-state index contributed by atoms with van der Waals surface area (Å²) in [5.74, 6) is 1.18. The molecule has 3 atom stereocenters. The van der Waals surface area contributed by atoms with E-state index in [1.165, 1.54) is 12.1 Å². The largest absolute Gasteiger partial charge is 0.506 e. The van der Waals surface area contributed by atoms with E-state index in [0.717, 1.165) is 65.9 Å². The van der Waals surface area contributed by atoms with E-state index in [2.05, 4.69) is 56.9 Å². The summed E-state index contributed by atoms with van der Waals surface area (Å²) in [7, 11) is 0. The number of amides is 1. The molecule has 0 radical (unpaired) electrons. The van der Waals surface area contributed by atoms with Gasteiger partial charge in [0.15, 0.2) is 0 Å². The Hall–Kier alpha value is -5.94. The van der Waals surface area contributed by atoms with Gasteiger partial charge in [0.05, 0.1) is 23.8 Å². The van der Waals surface area contributed by atoms with Crippen LogP contribution in [0.25, 0.3) is 22.0 Å². The quantitative estimate of drug-likeness (QED) is 0.0683. The van der Waals surface area contributed by atoms with E-state index in [-0.39, 0.29) is 23.8 Å². The molecule has 292 valence electrons. The lowest BCUT2D eigenvalue weighted by atomic mass is 9.63. The number of aromatic amines is 1. The fraction of sp³-hybridized carbons (Fsp3) is 0.277. The van der Waals surface area contributed by atoms with Gasteiger partial charge < -0.3 is 40.6 Å². The van der Waals surface area contributed by atoms with Crippen molar-refractivity contribution in [3.8, 4) is 22.6 Å². The summed E-state index contributed by atoms with van der Waals surface area (Å²) >= 11 is 0. The lowest BCUT2D eigenvalue weighted by Crippen LogP contribution is -2.61. The van der Waals surface area contributed by atoms with Gasteiger partial charge in [0, 0.05) is 43.4 Å². The molecule has 2 bridgehead atoms. The number of rotatable bonds is 14. The second kappa shape index (κ2) is 16.7. The number of hydrogen-bond acceptors (Lipinski definition) is 7. The number of carbonyl (C=O) groups is 1. The molecular formula is C47H48N4O6. The molecule has 3 fully saturated rings. The van der Waals surface area contributed by atoms with Crippen LogP contribution in [0.1, 0.15) is 46.8 Å². The molecule has 3 aliphatic rings. The Morgan fingerprint density at radius 2 is 1.61 bits per heavy atom. The van der Waals surface area contributed by atoms with E-state index in [1.54, 1.807) is 12.1 Å². The summed E-state index contributed by atoms with van der Waals surface area (Å²) in [6, 6.07) is 40.9. The van der Waals surface area contributed by atoms with Crippen LogP contribution in [0.4, 0.5) is 4.79 Å². The van der Waals surface area contributed by atoms with E-state index in [0.29, 0.717) is 47.7 Å². The topological polar surface area (TPSA) is 147 Å². The van der Waals surface area contributed by atoms with Crippen molar-refractivity contribution in [2.75, 3.05) is 32.8 Å². The van der Waals surface area contributed by atoms with Gasteiger partial charge >= 0.3 is 6.09 Å². The molecule has 0 saturated carbocycles. The van der Waals surface area contributed by atoms with E-state index < -0.39 is 17.7 Å². The van der Waals surface area contributed by atoms with Gasteiger partial charge in [-0.25, -0.2) is 4.79 Å². The van der Waals surface area contributed by atoms with Gasteiger partial charge in [-0.05, 0) is 101 Å². The van der Waals surface area contributed by atoms with E-state index in [1.807, 2.05) is 66.7 Å². The van der Waals surface area contributed by atoms with Gasteiger partial charge in [-0.2, -0.15) is 0 Å². The van der Waals surface area contributed by atoms with Crippen LogP contribution in [0.3, 0.4) is 0 Å². The first-order chi connectivity index (χ1) is 27.8. The molecule has 6 aromatic rings. The lowest BCUT2D eigenvalue weighted by molar-refractivity contribution is 0.00716. The Morgan fingerprint density at radius 3 is 2.37 bits per heavy atom. The summed E-state index contributed by atoms with van der Waals surface area (Å²) in [6.45, 7) is 4.28. The van der Waals surface area contributed by atoms with Gasteiger partial charge in [0.2, 0.25) is 5.56 Å². The number of hydrogen-bond donors (Lipinski definition) is 6. The highest BCUT2D eigenvalue weighted by molar-refractivity contribution is 5.87. The number of ether oxygens (including phenoxy) is 1. The van der Waals surface area contributed by atoms with Gasteiger partial charge in [0.1, 0.15) is 11.5 Å². The third kappa shape index (κ3) is 8.16. The molecule has 57 heavy (non-hydrogen) atoms. The summed E-state index contributed by atoms with van der Waals surface area (Å²) in [6.07, 6.45) is 0.965. The molecule has 0 spiro atoms. The van der Waals surface area contributed by atoms with Crippen molar-refractivity contribution < 1.29 is 24.9 Å². The number of piperidine rings is 3. The molecule has 3 saturated heterocycles. The summed E-state index contributed by atoms with van der Waals surface area (Å²) < 4.78 is 6.34. The van der Waals surface area contributed by atoms with Crippen LogP contribution in [-0.2, 0) is 18.5 Å². The van der Waals surface area contributed by atoms with E-state index in [9.17, 15) is 24.9 Å². The van der Waals surface area contributed by atoms with E-state index in [4.69, 9.17) is 4.74 Å². The predicted octanol–water partition coefficient (Wildman–Crippen LogP) is 7.20. The predicted molar refractivity (Wildman–Crippen MR) is 221 cm³/mol. The average Bonchev–Trinajstić information content (AvgIpc) is 3.24. The number of aromatic hydroxyl groups is 1. The number of fused-ring (bicyclic) bond motifs is 4. The van der Waals surface area contributed by atoms with Gasteiger partial charge in [-0.1, -0.05) is 91.0 Å². The first kappa shape index (κ1) is 38.0. The lowest BCUT2D eigenvalue weighted by Gasteiger charge is -2.53. The fourth-order valence-electron chi connectivity index (χ4n) is 9.01. The SMILES string of the molecule is O=C(O)NC(c1ccccc1)(c1cccc(OCCc2ccc(-c3cccc(CNCC(O)c4ccc(O)c5[nH]c(=O)ccc45)c3)cc2)c1)C1CN2CCC1CC2. The van der Waals surface area contributed by atoms with Crippen molar-refractivity contribution in [2.24, 2.45) is 11.8 Å². The average molecular weight is 765 g/mol. The molecule has 6 N–H and O–H groups in total. The minimum absolute atomic E-state index is 0.0375. The van der Waals surface area contributed by atoms with Gasteiger partial charge in [-0.3, -0.25) is 4.79 Å². The second-order valence-corrected chi connectivity index (χ2v) is 15.3. The molecular weight excluding hydrogens is 717 g/mol.